The number of aliphatic hydroxyl groups excluding tert-OH is 1. The van der Waals surface area contributed by atoms with Crippen LogP contribution in [0.3, 0.4) is 0 Å². The number of rotatable bonds is 3. The minimum Gasteiger partial charge on any atom is -0.396 e. The first-order valence-corrected chi connectivity index (χ1v) is 5.72. The summed E-state index contributed by atoms with van der Waals surface area (Å²) in [7, 11) is 0. The quantitative estimate of drug-likeness (QED) is 0.918. The smallest absolute Gasteiger partial charge is 0.184 e. The monoisotopic (exact) mass is 272 g/mol. The molecule has 1 fully saturated rings. The SMILES string of the molecule is OCCC1COC(c2ccc(Br)cc2)O1. The van der Waals surface area contributed by atoms with E-state index in [1.165, 1.54) is 0 Å². The molecule has 15 heavy (non-hydrogen) atoms. The topological polar surface area (TPSA) is 38.7 Å². The lowest BCUT2D eigenvalue weighted by molar-refractivity contribution is -0.0627. The molecule has 0 saturated carbocycles. The largest absolute Gasteiger partial charge is 0.396 e. The molecule has 0 aliphatic carbocycles. The summed E-state index contributed by atoms with van der Waals surface area (Å²) in [5, 5.41) is 8.78. The van der Waals surface area contributed by atoms with Crippen molar-refractivity contribution in [3.63, 3.8) is 0 Å². The Labute approximate surface area is 97.1 Å². The summed E-state index contributed by atoms with van der Waals surface area (Å²) in [6, 6.07) is 7.86. The van der Waals surface area contributed by atoms with Crippen molar-refractivity contribution in [1.82, 2.24) is 0 Å². The van der Waals surface area contributed by atoms with Gasteiger partial charge in [-0.15, -0.1) is 0 Å². The maximum atomic E-state index is 8.78. The Morgan fingerprint density at radius 3 is 2.73 bits per heavy atom. The first-order chi connectivity index (χ1) is 7.29. The number of hydrogen-bond donors (Lipinski definition) is 1. The van der Waals surface area contributed by atoms with Crippen molar-refractivity contribution < 1.29 is 14.6 Å². The van der Waals surface area contributed by atoms with E-state index in [0.29, 0.717) is 13.0 Å². The lowest BCUT2D eigenvalue weighted by Crippen LogP contribution is -2.11. The highest BCUT2D eigenvalue weighted by Gasteiger charge is 2.26. The minimum absolute atomic E-state index is 0.0173. The van der Waals surface area contributed by atoms with E-state index in [1.807, 2.05) is 24.3 Å². The Balaban J connectivity index is 1.98. The van der Waals surface area contributed by atoms with Gasteiger partial charge in [-0.2, -0.15) is 0 Å². The van der Waals surface area contributed by atoms with E-state index in [4.69, 9.17) is 14.6 Å². The molecule has 0 radical (unpaired) electrons. The van der Waals surface area contributed by atoms with Gasteiger partial charge >= 0.3 is 0 Å². The van der Waals surface area contributed by atoms with Crippen molar-refractivity contribution in [1.29, 1.82) is 0 Å². The fraction of sp³-hybridized carbons (Fsp3) is 0.455. The molecule has 1 aromatic rings. The summed E-state index contributed by atoms with van der Waals surface area (Å²) in [6.45, 7) is 0.697. The highest BCUT2D eigenvalue weighted by Crippen LogP contribution is 2.28. The molecule has 0 spiro atoms. The average molecular weight is 273 g/mol. The second-order valence-corrected chi connectivity index (χ2v) is 4.40. The van der Waals surface area contributed by atoms with Gasteiger partial charge in [-0.25, -0.2) is 0 Å². The zero-order chi connectivity index (χ0) is 10.7. The number of ether oxygens (including phenoxy) is 2. The van der Waals surface area contributed by atoms with Gasteiger partial charge in [0, 0.05) is 16.6 Å². The van der Waals surface area contributed by atoms with Gasteiger partial charge in [0.05, 0.1) is 12.7 Å². The minimum atomic E-state index is -0.283. The predicted molar refractivity (Wildman–Crippen MR) is 59.4 cm³/mol. The molecule has 2 atom stereocenters. The van der Waals surface area contributed by atoms with Crippen LogP contribution in [0.15, 0.2) is 28.7 Å². The number of halogens is 1. The highest BCUT2D eigenvalue weighted by molar-refractivity contribution is 9.10. The van der Waals surface area contributed by atoms with Crippen LogP contribution in [0.25, 0.3) is 0 Å². The number of hydrogen-bond acceptors (Lipinski definition) is 3. The van der Waals surface area contributed by atoms with E-state index in [0.717, 1.165) is 10.0 Å². The van der Waals surface area contributed by atoms with Crippen LogP contribution in [-0.4, -0.2) is 24.4 Å². The van der Waals surface area contributed by atoms with Crippen LogP contribution in [0.1, 0.15) is 18.3 Å². The molecular formula is C11H13BrO3. The molecule has 1 aliphatic heterocycles. The highest BCUT2D eigenvalue weighted by atomic mass is 79.9. The van der Waals surface area contributed by atoms with Crippen molar-refractivity contribution in [3.8, 4) is 0 Å². The molecule has 1 heterocycles. The third kappa shape index (κ3) is 2.78. The molecule has 2 rings (SSSR count). The van der Waals surface area contributed by atoms with E-state index >= 15 is 0 Å². The van der Waals surface area contributed by atoms with Crippen molar-refractivity contribution in [2.45, 2.75) is 18.8 Å². The standard InChI is InChI=1S/C11H13BrO3/c12-9-3-1-8(2-4-9)11-14-7-10(15-11)5-6-13/h1-4,10-11,13H,5-7H2. The molecule has 3 nitrogen and oxygen atoms in total. The molecular weight excluding hydrogens is 260 g/mol. The van der Waals surface area contributed by atoms with Crippen LogP contribution in [0, 0.1) is 0 Å². The van der Waals surface area contributed by atoms with Crippen LogP contribution in [0.4, 0.5) is 0 Å². The third-order valence-corrected chi connectivity index (χ3v) is 2.87. The molecule has 82 valence electrons. The Morgan fingerprint density at radius 1 is 1.33 bits per heavy atom. The van der Waals surface area contributed by atoms with E-state index in [9.17, 15) is 0 Å². The zero-order valence-electron chi connectivity index (χ0n) is 8.23. The first-order valence-electron chi connectivity index (χ1n) is 4.93. The normalized spacial score (nSPS) is 25.7. The van der Waals surface area contributed by atoms with Crippen LogP contribution >= 0.6 is 15.9 Å². The van der Waals surface area contributed by atoms with Crippen LogP contribution in [0.5, 0.6) is 0 Å². The lowest BCUT2D eigenvalue weighted by atomic mass is 10.2. The average Bonchev–Trinajstić information content (AvgIpc) is 2.68. The van der Waals surface area contributed by atoms with E-state index < -0.39 is 0 Å². The van der Waals surface area contributed by atoms with Crippen molar-refractivity contribution in [2.24, 2.45) is 0 Å². The Kier molecular flexibility index (Phi) is 3.75. The first kappa shape index (κ1) is 11.1. The third-order valence-electron chi connectivity index (χ3n) is 2.34. The fourth-order valence-corrected chi connectivity index (χ4v) is 1.80. The Bertz CT molecular complexity index is 312. The van der Waals surface area contributed by atoms with E-state index in [2.05, 4.69) is 15.9 Å². The van der Waals surface area contributed by atoms with Gasteiger partial charge in [0.15, 0.2) is 6.29 Å². The van der Waals surface area contributed by atoms with Gasteiger partial charge in [-0.05, 0) is 18.6 Å². The van der Waals surface area contributed by atoms with Crippen molar-refractivity contribution in [3.05, 3.63) is 34.3 Å². The Morgan fingerprint density at radius 2 is 2.07 bits per heavy atom. The molecule has 1 aromatic carbocycles. The predicted octanol–water partition coefficient (Wildman–Crippen LogP) is 2.25. The van der Waals surface area contributed by atoms with Crippen LogP contribution in [0.2, 0.25) is 0 Å². The summed E-state index contributed by atoms with van der Waals surface area (Å²) in [6.07, 6.45) is 0.367. The Hall–Kier alpha value is -0.420. The van der Waals surface area contributed by atoms with Crippen molar-refractivity contribution in [2.75, 3.05) is 13.2 Å². The second-order valence-electron chi connectivity index (χ2n) is 3.49. The number of aliphatic hydroxyl groups is 1. The summed E-state index contributed by atoms with van der Waals surface area (Å²) in [4.78, 5) is 0. The molecule has 1 aliphatic rings. The van der Waals surface area contributed by atoms with Gasteiger partial charge in [-0.1, -0.05) is 28.1 Å². The maximum Gasteiger partial charge on any atom is 0.184 e. The van der Waals surface area contributed by atoms with Gasteiger partial charge in [-0.3, -0.25) is 0 Å². The van der Waals surface area contributed by atoms with Gasteiger partial charge in [0.25, 0.3) is 0 Å². The van der Waals surface area contributed by atoms with Gasteiger partial charge in [0.2, 0.25) is 0 Å². The molecule has 0 amide bonds. The summed E-state index contributed by atoms with van der Waals surface area (Å²) < 4.78 is 12.2. The summed E-state index contributed by atoms with van der Waals surface area (Å²) in [5.74, 6) is 0. The number of benzene rings is 1. The molecule has 4 heteroatoms. The molecule has 1 saturated heterocycles. The molecule has 0 bridgehead atoms. The summed E-state index contributed by atoms with van der Waals surface area (Å²) in [5.41, 5.74) is 1.01. The van der Waals surface area contributed by atoms with Gasteiger partial charge in [0.1, 0.15) is 0 Å². The molecule has 1 N–H and O–H groups in total. The molecule has 2 unspecified atom stereocenters. The van der Waals surface area contributed by atoms with E-state index in [1.54, 1.807) is 0 Å². The van der Waals surface area contributed by atoms with Crippen LogP contribution < -0.4 is 0 Å². The maximum absolute atomic E-state index is 8.78. The molecule has 0 aromatic heterocycles. The van der Waals surface area contributed by atoms with Gasteiger partial charge < -0.3 is 14.6 Å². The lowest BCUT2D eigenvalue weighted by Gasteiger charge is -2.10. The zero-order valence-corrected chi connectivity index (χ0v) is 9.81. The van der Waals surface area contributed by atoms with Crippen molar-refractivity contribution >= 4 is 15.9 Å². The van der Waals surface area contributed by atoms with Crippen LogP contribution in [-0.2, 0) is 9.47 Å². The van der Waals surface area contributed by atoms with E-state index in [-0.39, 0.29) is 19.0 Å². The second kappa shape index (κ2) is 5.07. The fourth-order valence-electron chi connectivity index (χ4n) is 1.54. The summed E-state index contributed by atoms with van der Waals surface area (Å²) >= 11 is 3.38.